The van der Waals surface area contributed by atoms with Crippen LogP contribution >= 0.6 is 0 Å². The SMILES string of the molecule is COc1ccc(-n2c(C(=O)N(C)C)c(C)c(OCc3ccccc3)c2C(=O)OC2C(C)CCCC2C)cc1. The molecule has 3 aromatic rings. The Labute approximate surface area is 225 Å². The molecule has 7 heteroatoms. The average molecular weight is 519 g/mol. The zero-order valence-electron chi connectivity index (χ0n) is 23.2. The van der Waals surface area contributed by atoms with Crippen LogP contribution in [0.25, 0.3) is 5.69 Å². The molecule has 2 aromatic carbocycles. The lowest BCUT2D eigenvalue weighted by atomic mass is 9.80. The molecule has 0 bridgehead atoms. The van der Waals surface area contributed by atoms with Gasteiger partial charge in [0.2, 0.25) is 0 Å². The molecule has 2 atom stereocenters. The number of amides is 1. The van der Waals surface area contributed by atoms with E-state index in [4.69, 9.17) is 14.2 Å². The maximum Gasteiger partial charge on any atom is 0.359 e. The van der Waals surface area contributed by atoms with E-state index in [1.165, 1.54) is 4.90 Å². The molecule has 1 aliphatic carbocycles. The standard InChI is InChI=1S/C31H38N2O5/c1-20-11-10-12-21(2)28(20)38-31(35)27-29(37-19-23-13-8-7-9-14-23)22(3)26(30(34)32(4)5)33(27)24-15-17-25(36-6)18-16-24/h7-9,13-18,20-21,28H,10-12,19H2,1-6H3. The largest absolute Gasteiger partial charge is 0.497 e. The van der Waals surface area contributed by atoms with E-state index in [1.807, 2.05) is 49.4 Å². The van der Waals surface area contributed by atoms with Gasteiger partial charge in [-0.3, -0.25) is 9.36 Å². The molecule has 7 nitrogen and oxygen atoms in total. The van der Waals surface area contributed by atoms with E-state index in [0.29, 0.717) is 28.4 Å². The Hall–Kier alpha value is -3.74. The lowest BCUT2D eigenvalue weighted by Gasteiger charge is -2.34. The predicted molar refractivity (Wildman–Crippen MR) is 147 cm³/mol. The summed E-state index contributed by atoms with van der Waals surface area (Å²) in [4.78, 5) is 29.1. The van der Waals surface area contributed by atoms with Crippen LogP contribution in [-0.4, -0.2) is 48.7 Å². The molecule has 1 heterocycles. The van der Waals surface area contributed by atoms with Crippen molar-refractivity contribution in [3.05, 3.63) is 77.1 Å². The fraction of sp³-hybridized carbons (Fsp3) is 0.419. The van der Waals surface area contributed by atoms with Crippen LogP contribution in [0.15, 0.2) is 54.6 Å². The third kappa shape index (κ3) is 5.57. The number of benzene rings is 2. The first-order valence-electron chi connectivity index (χ1n) is 13.2. The highest BCUT2D eigenvalue weighted by Crippen LogP contribution is 2.38. The Morgan fingerprint density at radius 2 is 1.58 bits per heavy atom. The molecule has 38 heavy (non-hydrogen) atoms. The highest BCUT2D eigenvalue weighted by Gasteiger charge is 2.36. The summed E-state index contributed by atoms with van der Waals surface area (Å²) in [5.74, 6) is 0.815. The molecular formula is C31H38N2O5. The summed E-state index contributed by atoms with van der Waals surface area (Å²) in [5.41, 5.74) is 2.77. The summed E-state index contributed by atoms with van der Waals surface area (Å²) in [7, 11) is 4.99. The second kappa shape index (κ2) is 11.8. The van der Waals surface area contributed by atoms with Crippen molar-refractivity contribution in [1.82, 2.24) is 9.47 Å². The zero-order valence-corrected chi connectivity index (χ0v) is 23.2. The van der Waals surface area contributed by atoms with Crippen molar-refractivity contribution < 1.29 is 23.8 Å². The molecule has 0 radical (unpaired) electrons. The number of ether oxygens (including phenoxy) is 3. The Bertz CT molecular complexity index is 1250. The summed E-state index contributed by atoms with van der Waals surface area (Å²) < 4.78 is 19.6. The minimum atomic E-state index is -0.490. The van der Waals surface area contributed by atoms with Crippen LogP contribution in [0.1, 0.15) is 65.2 Å². The molecule has 2 unspecified atom stereocenters. The van der Waals surface area contributed by atoms with Gasteiger partial charge in [0.15, 0.2) is 11.4 Å². The molecule has 1 aromatic heterocycles. The lowest BCUT2D eigenvalue weighted by Crippen LogP contribution is -2.35. The topological polar surface area (TPSA) is 70.0 Å². The Balaban J connectivity index is 1.87. The van der Waals surface area contributed by atoms with E-state index in [2.05, 4.69) is 13.8 Å². The van der Waals surface area contributed by atoms with Gasteiger partial charge in [0.25, 0.3) is 5.91 Å². The number of esters is 1. The first-order valence-corrected chi connectivity index (χ1v) is 13.2. The number of carbonyl (C=O) groups excluding carboxylic acids is 2. The van der Waals surface area contributed by atoms with Gasteiger partial charge in [-0.15, -0.1) is 0 Å². The molecule has 1 saturated carbocycles. The second-order valence-electron chi connectivity index (χ2n) is 10.4. The van der Waals surface area contributed by atoms with E-state index < -0.39 is 5.97 Å². The normalized spacial score (nSPS) is 19.1. The van der Waals surface area contributed by atoms with E-state index in [1.54, 1.807) is 37.9 Å². The van der Waals surface area contributed by atoms with E-state index in [9.17, 15) is 9.59 Å². The fourth-order valence-electron chi connectivity index (χ4n) is 5.28. The maximum absolute atomic E-state index is 14.0. The fourth-order valence-corrected chi connectivity index (χ4v) is 5.28. The number of methoxy groups -OCH3 is 1. The number of carbonyl (C=O) groups is 2. The van der Waals surface area contributed by atoms with Crippen LogP contribution in [0.4, 0.5) is 0 Å². The molecule has 1 amide bonds. The van der Waals surface area contributed by atoms with Gasteiger partial charge in [-0.05, 0) is 61.4 Å². The van der Waals surface area contributed by atoms with Crippen LogP contribution in [-0.2, 0) is 11.3 Å². The minimum Gasteiger partial charge on any atom is -0.497 e. The molecule has 0 spiro atoms. The lowest BCUT2D eigenvalue weighted by molar-refractivity contribution is -0.0172. The third-order valence-electron chi connectivity index (χ3n) is 7.40. The molecule has 0 N–H and O–H groups in total. The number of hydrogen-bond acceptors (Lipinski definition) is 5. The van der Waals surface area contributed by atoms with Crippen molar-refractivity contribution in [3.8, 4) is 17.2 Å². The minimum absolute atomic E-state index is 0.203. The Morgan fingerprint density at radius 3 is 2.16 bits per heavy atom. The zero-order chi connectivity index (χ0) is 27.4. The van der Waals surface area contributed by atoms with Gasteiger partial charge >= 0.3 is 5.97 Å². The highest BCUT2D eigenvalue weighted by molar-refractivity contribution is 6.01. The van der Waals surface area contributed by atoms with Crippen molar-refractivity contribution >= 4 is 11.9 Å². The van der Waals surface area contributed by atoms with Crippen molar-refractivity contribution in [3.63, 3.8) is 0 Å². The molecular weight excluding hydrogens is 480 g/mol. The number of hydrogen-bond donors (Lipinski definition) is 0. The van der Waals surface area contributed by atoms with Crippen molar-refractivity contribution in [2.75, 3.05) is 21.2 Å². The van der Waals surface area contributed by atoms with Gasteiger partial charge in [0, 0.05) is 25.3 Å². The molecule has 0 saturated heterocycles. The predicted octanol–water partition coefficient (Wildman–Crippen LogP) is 6.06. The van der Waals surface area contributed by atoms with Gasteiger partial charge in [-0.1, -0.05) is 50.6 Å². The number of rotatable bonds is 8. The summed E-state index contributed by atoms with van der Waals surface area (Å²) >= 11 is 0. The monoisotopic (exact) mass is 518 g/mol. The van der Waals surface area contributed by atoms with Crippen LogP contribution in [0.5, 0.6) is 11.5 Å². The summed E-state index contributed by atoms with van der Waals surface area (Å²) in [6, 6.07) is 17.0. The van der Waals surface area contributed by atoms with Gasteiger partial charge in [-0.2, -0.15) is 0 Å². The van der Waals surface area contributed by atoms with Crippen molar-refractivity contribution in [2.24, 2.45) is 11.8 Å². The highest BCUT2D eigenvalue weighted by atomic mass is 16.5. The van der Waals surface area contributed by atoms with Gasteiger partial charge < -0.3 is 19.1 Å². The van der Waals surface area contributed by atoms with E-state index in [0.717, 1.165) is 24.8 Å². The average Bonchev–Trinajstić information content (AvgIpc) is 3.21. The smallest absolute Gasteiger partial charge is 0.359 e. The summed E-state index contributed by atoms with van der Waals surface area (Å²) in [6.45, 7) is 6.34. The number of aromatic nitrogens is 1. The molecule has 1 aliphatic rings. The Kier molecular flexibility index (Phi) is 8.45. The van der Waals surface area contributed by atoms with E-state index >= 15 is 0 Å². The Morgan fingerprint density at radius 1 is 0.947 bits per heavy atom. The van der Waals surface area contributed by atoms with Crippen LogP contribution < -0.4 is 9.47 Å². The molecule has 202 valence electrons. The number of nitrogens with zero attached hydrogens (tertiary/aromatic N) is 2. The summed E-state index contributed by atoms with van der Waals surface area (Å²) in [6.07, 6.45) is 2.96. The quantitative estimate of drug-likeness (QED) is 0.339. The molecule has 0 aliphatic heterocycles. The van der Waals surface area contributed by atoms with Crippen LogP contribution in [0.3, 0.4) is 0 Å². The van der Waals surface area contributed by atoms with Crippen LogP contribution in [0.2, 0.25) is 0 Å². The molecule has 1 fully saturated rings. The van der Waals surface area contributed by atoms with Gasteiger partial charge in [0.1, 0.15) is 24.2 Å². The van der Waals surface area contributed by atoms with Gasteiger partial charge in [0.05, 0.1) is 7.11 Å². The first kappa shape index (κ1) is 27.3. The third-order valence-corrected chi connectivity index (χ3v) is 7.40. The first-order chi connectivity index (χ1) is 18.2. The maximum atomic E-state index is 14.0. The van der Waals surface area contributed by atoms with E-state index in [-0.39, 0.29) is 36.1 Å². The van der Waals surface area contributed by atoms with Crippen molar-refractivity contribution in [1.29, 1.82) is 0 Å². The van der Waals surface area contributed by atoms with Crippen molar-refractivity contribution in [2.45, 2.75) is 52.7 Å². The second-order valence-corrected chi connectivity index (χ2v) is 10.4. The van der Waals surface area contributed by atoms with Crippen LogP contribution in [0, 0.1) is 18.8 Å². The summed E-state index contributed by atoms with van der Waals surface area (Å²) in [5, 5.41) is 0. The van der Waals surface area contributed by atoms with Gasteiger partial charge in [-0.25, -0.2) is 4.79 Å². The molecule has 4 rings (SSSR count).